The number of pyridine rings is 1. The predicted octanol–water partition coefficient (Wildman–Crippen LogP) is 3.86. The summed E-state index contributed by atoms with van der Waals surface area (Å²) in [4.78, 5) is 22.8. The van der Waals surface area contributed by atoms with Gasteiger partial charge in [0.25, 0.3) is 0 Å². The van der Waals surface area contributed by atoms with Crippen LogP contribution in [0.4, 0.5) is 16.0 Å². The standard InChI is InChI=1S/C21H25N5O2S/c1-15(27)24-20-19(17-7-5-4-6-8-17)25-21(29-20)23-14-16-9-10-18(22-13-16)26(2)11-12-28-3/h4-10,13H,11-12,14H2,1-3H3,(H,23,25)(H,24,27). The molecule has 7 nitrogen and oxygen atoms in total. The summed E-state index contributed by atoms with van der Waals surface area (Å²) in [7, 11) is 3.68. The second-order valence-corrected chi connectivity index (χ2v) is 7.54. The summed E-state index contributed by atoms with van der Waals surface area (Å²) in [6, 6.07) is 13.9. The Hall–Kier alpha value is -2.97. The summed E-state index contributed by atoms with van der Waals surface area (Å²) in [5.41, 5.74) is 2.78. The molecule has 0 fully saturated rings. The van der Waals surface area contributed by atoms with Gasteiger partial charge in [-0.2, -0.15) is 0 Å². The number of aromatic nitrogens is 2. The first-order valence-electron chi connectivity index (χ1n) is 9.29. The Labute approximate surface area is 174 Å². The molecule has 0 bridgehead atoms. The molecular formula is C21H25N5O2S. The van der Waals surface area contributed by atoms with Gasteiger partial charge in [-0.05, 0) is 11.6 Å². The second kappa shape index (κ2) is 9.99. The van der Waals surface area contributed by atoms with Crippen LogP contribution in [0.3, 0.4) is 0 Å². The van der Waals surface area contributed by atoms with Crippen LogP contribution in [-0.4, -0.2) is 43.2 Å². The summed E-state index contributed by atoms with van der Waals surface area (Å²) in [5, 5.41) is 7.69. The van der Waals surface area contributed by atoms with Crippen LogP contribution in [0.2, 0.25) is 0 Å². The molecule has 3 aromatic rings. The molecule has 0 atom stereocenters. The lowest BCUT2D eigenvalue weighted by Crippen LogP contribution is -2.22. The Morgan fingerprint density at radius 3 is 2.66 bits per heavy atom. The zero-order valence-electron chi connectivity index (χ0n) is 16.8. The highest BCUT2D eigenvalue weighted by molar-refractivity contribution is 7.20. The first-order valence-corrected chi connectivity index (χ1v) is 10.1. The topological polar surface area (TPSA) is 79.4 Å². The van der Waals surface area contributed by atoms with Crippen molar-refractivity contribution in [2.75, 3.05) is 42.8 Å². The third-order valence-electron chi connectivity index (χ3n) is 4.24. The molecule has 152 valence electrons. The summed E-state index contributed by atoms with van der Waals surface area (Å²) >= 11 is 1.42. The molecule has 0 saturated heterocycles. The predicted molar refractivity (Wildman–Crippen MR) is 119 cm³/mol. The number of benzene rings is 1. The number of rotatable bonds is 9. The Kier molecular flexibility index (Phi) is 7.15. The van der Waals surface area contributed by atoms with Crippen molar-refractivity contribution in [3.05, 3.63) is 54.2 Å². The molecule has 0 unspecified atom stereocenters. The summed E-state index contributed by atoms with van der Waals surface area (Å²) < 4.78 is 5.10. The van der Waals surface area contributed by atoms with Gasteiger partial charge in [0.2, 0.25) is 5.91 Å². The highest BCUT2D eigenvalue weighted by atomic mass is 32.1. The fraction of sp³-hybridized carbons (Fsp3) is 0.286. The van der Waals surface area contributed by atoms with E-state index in [1.54, 1.807) is 7.11 Å². The molecule has 0 aliphatic heterocycles. The van der Waals surface area contributed by atoms with Gasteiger partial charge >= 0.3 is 0 Å². The lowest BCUT2D eigenvalue weighted by Gasteiger charge is -2.17. The van der Waals surface area contributed by atoms with Crippen LogP contribution in [-0.2, 0) is 16.1 Å². The van der Waals surface area contributed by atoms with E-state index in [0.717, 1.165) is 39.3 Å². The lowest BCUT2D eigenvalue weighted by molar-refractivity contribution is -0.114. The number of ether oxygens (including phenoxy) is 1. The van der Waals surface area contributed by atoms with Crippen LogP contribution >= 0.6 is 11.3 Å². The molecule has 0 spiro atoms. The highest BCUT2D eigenvalue weighted by Gasteiger charge is 2.14. The van der Waals surface area contributed by atoms with E-state index in [1.165, 1.54) is 18.3 Å². The normalized spacial score (nSPS) is 10.6. The van der Waals surface area contributed by atoms with Gasteiger partial charge < -0.3 is 20.3 Å². The summed E-state index contributed by atoms with van der Waals surface area (Å²) in [6.07, 6.45) is 1.85. The Morgan fingerprint density at radius 1 is 1.21 bits per heavy atom. The van der Waals surface area contributed by atoms with Crippen molar-refractivity contribution < 1.29 is 9.53 Å². The van der Waals surface area contributed by atoms with Crippen LogP contribution in [0.5, 0.6) is 0 Å². The zero-order valence-corrected chi connectivity index (χ0v) is 17.6. The van der Waals surface area contributed by atoms with Crippen LogP contribution in [0.15, 0.2) is 48.7 Å². The number of likely N-dealkylation sites (N-methyl/N-ethyl adjacent to an activating group) is 1. The fourth-order valence-corrected chi connectivity index (χ4v) is 3.63. The second-order valence-electron chi connectivity index (χ2n) is 6.54. The van der Waals surface area contributed by atoms with E-state index in [4.69, 9.17) is 4.74 Å². The summed E-state index contributed by atoms with van der Waals surface area (Å²) in [5.74, 6) is 0.786. The van der Waals surface area contributed by atoms with Gasteiger partial charge in [0.1, 0.15) is 16.5 Å². The van der Waals surface area contributed by atoms with Crippen LogP contribution in [0, 0.1) is 0 Å². The van der Waals surface area contributed by atoms with E-state index in [2.05, 4.69) is 20.6 Å². The highest BCUT2D eigenvalue weighted by Crippen LogP contribution is 2.36. The van der Waals surface area contributed by atoms with Gasteiger partial charge in [0.05, 0.1) is 6.61 Å². The monoisotopic (exact) mass is 411 g/mol. The molecule has 2 N–H and O–H groups in total. The molecule has 1 aromatic carbocycles. The Balaban J connectivity index is 1.69. The van der Waals surface area contributed by atoms with Crippen LogP contribution in [0.25, 0.3) is 11.3 Å². The number of hydrogen-bond acceptors (Lipinski definition) is 7. The maximum atomic E-state index is 11.6. The quantitative estimate of drug-likeness (QED) is 0.557. The van der Waals surface area contributed by atoms with Crippen molar-refractivity contribution in [2.24, 2.45) is 0 Å². The molecule has 0 radical (unpaired) electrons. The van der Waals surface area contributed by atoms with E-state index in [9.17, 15) is 4.79 Å². The molecule has 8 heteroatoms. The number of amides is 1. The maximum Gasteiger partial charge on any atom is 0.221 e. The molecule has 0 aliphatic rings. The number of methoxy groups -OCH3 is 1. The van der Waals surface area contributed by atoms with Crippen LogP contribution in [0.1, 0.15) is 12.5 Å². The minimum atomic E-state index is -0.116. The van der Waals surface area contributed by atoms with Crippen molar-refractivity contribution >= 4 is 33.2 Å². The van der Waals surface area contributed by atoms with E-state index in [0.29, 0.717) is 13.2 Å². The average molecular weight is 412 g/mol. The molecule has 3 rings (SSSR count). The third kappa shape index (κ3) is 5.75. The lowest BCUT2D eigenvalue weighted by atomic mass is 10.2. The minimum Gasteiger partial charge on any atom is -0.383 e. The largest absolute Gasteiger partial charge is 0.383 e. The van der Waals surface area contributed by atoms with Gasteiger partial charge in [-0.15, -0.1) is 0 Å². The Bertz CT molecular complexity index is 928. The Morgan fingerprint density at radius 2 is 2.00 bits per heavy atom. The zero-order chi connectivity index (χ0) is 20.6. The first-order chi connectivity index (χ1) is 14.1. The van der Waals surface area contributed by atoms with Crippen LogP contribution < -0.4 is 15.5 Å². The van der Waals surface area contributed by atoms with Crippen molar-refractivity contribution in [3.8, 4) is 11.3 Å². The molecular weight excluding hydrogens is 386 g/mol. The number of carbonyl (C=O) groups is 1. The first kappa shape index (κ1) is 20.8. The maximum absolute atomic E-state index is 11.6. The van der Waals surface area contributed by atoms with Gasteiger partial charge in [-0.3, -0.25) is 4.79 Å². The molecule has 1 amide bonds. The number of nitrogens with one attached hydrogen (secondary N) is 2. The van der Waals surface area contributed by atoms with Gasteiger partial charge in [-0.1, -0.05) is 47.7 Å². The number of thiazole rings is 1. The summed E-state index contributed by atoms with van der Waals surface area (Å²) in [6.45, 7) is 3.54. The molecule has 0 aliphatic carbocycles. The van der Waals surface area contributed by atoms with E-state index < -0.39 is 0 Å². The average Bonchev–Trinajstić information content (AvgIpc) is 3.13. The number of carbonyl (C=O) groups excluding carboxylic acids is 1. The number of hydrogen-bond donors (Lipinski definition) is 2. The molecule has 2 aromatic heterocycles. The number of anilines is 3. The van der Waals surface area contributed by atoms with Crippen molar-refractivity contribution in [1.82, 2.24) is 9.97 Å². The minimum absolute atomic E-state index is 0.116. The van der Waals surface area contributed by atoms with Crippen molar-refractivity contribution in [3.63, 3.8) is 0 Å². The SMILES string of the molecule is COCCN(C)c1ccc(CNc2nc(-c3ccccc3)c(NC(C)=O)s2)cn1. The van der Waals surface area contributed by atoms with E-state index in [1.807, 2.05) is 60.6 Å². The van der Waals surface area contributed by atoms with E-state index >= 15 is 0 Å². The molecule has 0 saturated carbocycles. The van der Waals surface area contributed by atoms with Crippen molar-refractivity contribution in [1.29, 1.82) is 0 Å². The van der Waals surface area contributed by atoms with Gasteiger partial charge in [-0.25, -0.2) is 9.97 Å². The molecule has 2 heterocycles. The van der Waals surface area contributed by atoms with Gasteiger partial charge in [0.15, 0.2) is 5.13 Å². The smallest absolute Gasteiger partial charge is 0.221 e. The molecule has 29 heavy (non-hydrogen) atoms. The van der Waals surface area contributed by atoms with Crippen molar-refractivity contribution in [2.45, 2.75) is 13.5 Å². The van der Waals surface area contributed by atoms with Gasteiger partial charge in [0, 0.05) is 45.9 Å². The number of nitrogens with zero attached hydrogens (tertiary/aromatic N) is 3. The van der Waals surface area contributed by atoms with E-state index in [-0.39, 0.29) is 5.91 Å². The fourth-order valence-electron chi connectivity index (χ4n) is 2.70. The third-order valence-corrected chi connectivity index (χ3v) is 5.17.